The second kappa shape index (κ2) is 18.9. The van der Waals surface area contributed by atoms with Gasteiger partial charge in [0.25, 0.3) is 0 Å². The molecular weight excluding hydrogens is 889 g/mol. The highest BCUT2D eigenvalue weighted by atomic mass is 14.8. The van der Waals surface area contributed by atoms with Crippen molar-refractivity contribution in [3.8, 4) is 55.6 Å². The van der Waals surface area contributed by atoms with E-state index in [2.05, 4.69) is 253 Å². The Morgan fingerprint density at radius 1 is 0.365 bits per heavy atom. The van der Waals surface area contributed by atoms with Crippen molar-refractivity contribution in [2.24, 2.45) is 23.2 Å². The number of aryl methyl sites for hydroxylation is 3. The SMILES string of the molecule is CC.Cc1ccc(-c2ccc(-c3ccc(C45CC6CC7CC4CC76C5)cc3)cc2)cc1-c1cccc2ccccc12.Cc1ccc(-c2cccc3ccccc23)cc1.Cc1ccc2c(c1)C(C)(C)c1ccccc1-2. The van der Waals surface area contributed by atoms with Crippen LogP contribution in [0.25, 0.3) is 77.2 Å². The first-order chi connectivity index (χ1) is 36.1. The van der Waals surface area contributed by atoms with Gasteiger partial charge in [0.2, 0.25) is 0 Å². The smallest absolute Gasteiger partial charge is 0.0158 e. The lowest BCUT2D eigenvalue weighted by atomic mass is 9.56. The van der Waals surface area contributed by atoms with Crippen LogP contribution in [0.1, 0.15) is 93.2 Å². The van der Waals surface area contributed by atoms with E-state index in [1.54, 1.807) is 5.56 Å². The number of hydrogen-bond acceptors (Lipinski definition) is 0. The Bertz CT molecular complexity index is 3670. The van der Waals surface area contributed by atoms with Gasteiger partial charge in [0.1, 0.15) is 0 Å². The molecule has 0 amide bonds. The van der Waals surface area contributed by atoms with Crippen molar-refractivity contribution in [1.29, 1.82) is 0 Å². The topological polar surface area (TPSA) is 0 Å². The van der Waals surface area contributed by atoms with Gasteiger partial charge in [0.15, 0.2) is 0 Å². The molecule has 5 unspecified atom stereocenters. The van der Waals surface area contributed by atoms with Crippen LogP contribution in [0, 0.1) is 43.9 Å². The fourth-order valence-electron chi connectivity index (χ4n) is 14.9. The van der Waals surface area contributed by atoms with E-state index >= 15 is 0 Å². The molecule has 74 heavy (non-hydrogen) atoms. The van der Waals surface area contributed by atoms with Gasteiger partial charge >= 0.3 is 0 Å². The Labute approximate surface area is 441 Å². The van der Waals surface area contributed by atoms with Gasteiger partial charge in [-0.25, -0.2) is 0 Å². The second-order valence-corrected chi connectivity index (χ2v) is 22.9. The third-order valence-corrected chi connectivity index (χ3v) is 18.6. The summed E-state index contributed by atoms with van der Waals surface area (Å²) in [6, 6.07) is 80.4. The molecule has 5 aliphatic rings. The van der Waals surface area contributed by atoms with Crippen molar-refractivity contribution < 1.29 is 0 Å². The van der Waals surface area contributed by atoms with Gasteiger partial charge in [0, 0.05) is 5.41 Å². The summed E-state index contributed by atoms with van der Waals surface area (Å²) < 4.78 is 0. The van der Waals surface area contributed by atoms with Gasteiger partial charge in [-0.05, 0) is 187 Å². The molecule has 3 bridgehead atoms. The van der Waals surface area contributed by atoms with Crippen LogP contribution in [0.15, 0.2) is 218 Å². The minimum Gasteiger partial charge on any atom is -0.0683 e. The van der Waals surface area contributed by atoms with Crippen LogP contribution >= 0.6 is 0 Å². The molecular formula is C74H70. The molecule has 0 N–H and O–H groups in total. The molecule has 0 radical (unpaired) electrons. The molecule has 0 aliphatic heterocycles. The molecule has 0 heterocycles. The Balaban J connectivity index is 0.000000131. The lowest BCUT2D eigenvalue weighted by Gasteiger charge is -2.48. The number of fused-ring (bicyclic) bond motifs is 8. The average Bonchev–Trinajstić information content (AvgIpc) is 4.12. The Morgan fingerprint density at radius 2 is 0.878 bits per heavy atom. The Kier molecular flexibility index (Phi) is 12.2. The predicted molar refractivity (Wildman–Crippen MR) is 317 cm³/mol. The molecule has 1 spiro atoms. The van der Waals surface area contributed by atoms with Crippen LogP contribution < -0.4 is 0 Å². The van der Waals surface area contributed by atoms with Gasteiger partial charge in [-0.15, -0.1) is 0 Å². The lowest BCUT2D eigenvalue weighted by Crippen LogP contribution is -2.41. The molecule has 0 heteroatoms. The summed E-state index contributed by atoms with van der Waals surface area (Å²) in [4.78, 5) is 0. The fraction of sp³-hybridized carbons (Fsp3) is 0.243. The molecule has 10 aromatic carbocycles. The number of rotatable bonds is 5. The first-order valence-electron chi connectivity index (χ1n) is 27.6. The van der Waals surface area contributed by atoms with Gasteiger partial charge in [-0.3, -0.25) is 0 Å². The van der Waals surface area contributed by atoms with Crippen molar-refractivity contribution >= 4 is 21.5 Å². The average molecular weight is 959 g/mol. The van der Waals surface area contributed by atoms with Crippen LogP contribution in [0.4, 0.5) is 0 Å². The molecule has 4 saturated carbocycles. The Morgan fingerprint density at radius 3 is 1.57 bits per heavy atom. The molecule has 0 nitrogen and oxygen atoms in total. The quantitative estimate of drug-likeness (QED) is 0.161. The third-order valence-electron chi connectivity index (χ3n) is 18.6. The van der Waals surface area contributed by atoms with Crippen molar-refractivity contribution in [2.45, 2.75) is 91.4 Å². The van der Waals surface area contributed by atoms with Crippen LogP contribution in [0.2, 0.25) is 0 Å². The van der Waals surface area contributed by atoms with Crippen LogP contribution in [-0.4, -0.2) is 0 Å². The van der Waals surface area contributed by atoms with Crippen molar-refractivity contribution in [2.75, 3.05) is 0 Å². The molecule has 366 valence electrons. The maximum Gasteiger partial charge on any atom is 0.0158 e. The fourth-order valence-corrected chi connectivity index (χ4v) is 14.9. The maximum atomic E-state index is 2.48. The summed E-state index contributed by atoms with van der Waals surface area (Å²) in [5.41, 5.74) is 23.2. The van der Waals surface area contributed by atoms with E-state index in [1.807, 2.05) is 13.8 Å². The van der Waals surface area contributed by atoms with E-state index in [4.69, 9.17) is 0 Å². The summed E-state index contributed by atoms with van der Waals surface area (Å²) >= 11 is 0. The number of hydrogen-bond donors (Lipinski definition) is 0. The highest BCUT2D eigenvalue weighted by Crippen LogP contribution is 2.83. The molecule has 5 aliphatic carbocycles. The zero-order valence-electron chi connectivity index (χ0n) is 44.6. The first kappa shape index (κ1) is 47.7. The molecule has 4 fully saturated rings. The zero-order valence-corrected chi connectivity index (χ0v) is 44.6. The zero-order chi connectivity index (χ0) is 50.8. The molecule has 15 rings (SSSR count). The van der Waals surface area contributed by atoms with Crippen LogP contribution in [0.5, 0.6) is 0 Å². The minimum atomic E-state index is 0.151. The van der Waals surface area contributed by atoms with E-state index < -0.39 is 0 Å². The van der Waals surface area contributed by atoms with Crippen LogP contribution in [0.3, 0.4) is 0 Å². The minimum absolute atomic E-state index is 0.151. The molecule has 0 saturated heterocycles. The van der Waals surface area contributed by atoms with Crippen molar-refractivity contribution in [3.63, 3.8) is 0 Å². The molecule has 5 atom stereocenters. The third kappa shape index (κ3) is 7.96. The van der Waals surface area contributed by atoms with Crippen molar-refractivity contribution in [3.05, 3.63) is 252 Å². The van der Waals surface area contributed by atoms with E-state index in [1.165, 1.54) is 137 Å². The van der Waals surface area contributed by atoms with Gasteiger partial charge < -0.3 is 0 Å². The molecule has 0 aromatic heterocycles. The normalized spacial score (nSPS) is 21.5. The van der Waals surface area contributed by atoms with E-state index in [0.29, 0.717) is 5.41 Å². The highest BCUT2D eigenvalue weighted by Gasteiger charge is 2.76. The van der Waals surface area contributed by atoms with Gasteiger partial charge in [-0.1, -0.05) is 251 Å². The summed E-state index contributed by atoms with van der Waals surface area (Å²) in [7, 11) is 0. The highest BCUT2D eigenvalue weighted by molar-refractivity contribution is 5.98. The Hall–Kier alpha value is -7.28. The predicted octanol–water partition coefficient (Wildman–Crippen LogP) is 20.4. The van der Waals surface area contributed by atoms with Crippen molar-refractivity contribution in [1.82, 2.24) is 0 Å². The van der Waals surface area contributed by atoms with E-state index in [0.717, 1.165) is 23.2 Å². The van der Waals surface area contributed by atoms with E-state index in [-0.39, 0.29) is 5.41 Å². The summed E-state index contributed by atoms with van der Waals surface area (Å²) in [6.45, 7) is 15.1. The van der Waals surface area contributed by atoms with E-state index in [9.17, 15) is 0 Å². The second-order valence-electron chi connectivity index (χ2n) is 22.9. The maximum absolute atomic E-state index is 2.48. The number of benzene rings is 10. The lowest BCUT2D eigenvalue weighted by molar-refractivity contribution is 0.00424. The summed E-state index contributed by atoms with van der Waals surface area (Å²) in [5, 5.41) is 5.22. The summed E-state index contributed by atoms with van der Waals surface area (Å²) in [6.07, 6.45) is 7.55. The van der Waals surface area contributed by atoms with Gasteiger partial charge in [0.05, 0.1) is 0 Å². The first-order valence-corrected chi connectivity index (χ1v) is 27.6. The monoisotopic (exact) mass is 959 g/mol. The largest absolute Gasteiger partial charge is 0.0683 e. The van der Waals surface area contributed by atoms with Gasteiger partial charge in [-0.2, -0.15) is 0 Å². The van der Waals surface area contributed by atoms with Crippen LogP contribution in [-0.2, 0) is 10.8 Å². The summed E-state index contributed by atoms with van der Waals surface area (Å²) in [5.74, 6) is 3.08. The molecule has 10 aromatic rings. The standard InChI is InChI=1S/C39H34.C17H14.C16H16.C2H6/c1-25-9-10-30(19-37(25)36-8-4-6-29-5-2-3-7-35(29)36)28-13-11-26(12-14-28)27-15-17-31(18-16-27)38-22-34-21-32-20-33(38)23-39(32,34)24-38;1-13-9-11-15(12-10-13)17-8-4-6-14-5-2-3-7-16(14)17;1-11-8-9-13-12-6-4-5-7-14(12)16(2,3)15(13)10-11;1-2/h2-19,32-34H,20-24H2,1H3;2-12H,1H3;4-10H,1-3H3;1-2H3.